The Morgan fingerprint density at radius 3 is 2.55 bits per heavy atom. The third-order valence-corrected chi connectivity index (χ3v) is 6.44. The Morgan fingerprint density at radius 1 is 1.20 bits per heavy atom. The molecule has 0 spiro atoms. The molecule has 0 amide bonds. The number of nitrogens with one attached hydrogen (secondary N) is 1. The minimum atomic E-state index is -2.75. The molecule has 2 aliphatic rings. The molecule has 5 heteroatoms. The molecular formula is C15H30N2O2S. The second-order valence-electron chi connectivity index (χ2n) is 6.69. The molecule has 0 aromatic heterocycles. The van der Waals surface area contributed by atoms with Crippen LogP contribution < -0.4 is 5.32 Å². The van der Waals surface area contributed by atoms with Gasteiger partial charge >= 0.3 is 0 Å². The van der Waals surface area contributed by atoms with Gasteiger partial charge in [0.2, 0.25) is 0 Å². The summed E-state index contributed by atoms with van der Waals surface area (Å²) in [7, 11) is -2.75. The van der Waals surface area contributed by atoms with Crippen molar-refractivity contribution in [3.8, 4) is 0 Å². The third kappa shape index (κ3) is 4.71. The largest absolute Gasteiger partial charge is 0.314 e. The van der Waals surface area contributed by atoms with Gasteiger partial charge in [0.25, 0.3) is 0 Å². The lowest BCUT2D eigenvalue weighted by Crippen LogP contribution is -2.49. The fourth-order valence-corrected chi connectivity index (χ4v) is 4.84. The summed E-state index contributed by atoms with van der Waals surface area (Å²) in [6.45, 7) is 8.19. The quantitative estimate of drug-likeness (QED) is 0.836. The second-order valence-corrected chi connectivity index (χ2v) is 8.99. The van der Waals surface area contributed by atoms with Gasteiger partial charge in [-0.15, -0.1) is 0 Å². The van der Waals surface area contributed by atoms with E-state index in [-0.39, 0.29) is 0 Å². The average Bonchev–Trinajstić information content (AvgIpc) is 2.40. The van der Waals surface area contributed by atoms with E-state index in [1.165, 1.54) is 25.7 Å². The highest BCUT2D eigenvalue weighted by atomic mass is 32.2. The zero-order chi connectivity index (χ0) is 14.6. The van der Waals surface area contributed by atoms with Gasteiger partial charge in [-0.1, -0.05) is 13.8 Å². The molecule has 1 N–H and O–H groups in total. The predicted molar refractivity (Wildman–Crippen MR) is 83.7 cm³/mol. The molecule has 1 saturated heterocycles. The number of hydrogen-bond acceptors (Lipinski definition) is 4. The van der Waals surface area contributed by atoms with Gasteiger partial charge < -0.3 is 10.2 Å². The molecule has 4 nitrogen and oxygen atoms in total. The number of rotatable bonds is 5. The van der Waals surface area contributed by atoms with Crippen molar-refractivity contribution in [3.05, 3.63) is 0 Å². The normalized spacial score (nSPS) is 35.0. The van der Waals surface area contributed by atoms with Crippen molar-refractivity contribution in [2.24, 2.45) is 11.8 Å². The minimum absolute atomic E-state index is 0.350. The Labute approximate surface area is 124 Å². The Balaban J connectivity index is 1.87. The van der Waals surface area contributed by atoms with Gasteiger partial charge in [0.1, 0.15) is 0 Å². The average molecular weight is 302 g/mol. The minimum Gasteiger partial charge on any atom is -0.314 e. The molecule has 20 heavy (non-hydrogen) atoms. The van der Waals surface area contributed by atoms with Crippen LogP contribution in [0.4, 0.5) is 0 Å². The van der Waals surface area contributed by atoms with E-state index < -0.39 is 9.84 Å². The summed E-state index contributed by atoms with van der Waals surface area (Å²) in [5.74, 6) is 2.20. The first-order valence-corrected chi connectivity index (χ1v) is 9.98. The van der Waals surface area contributed by atoms with E-state index in [0.29, 0.717) is 23.5 Å². The van der Waals surface area contributed by atoms with E-state index in [2.05, 4.69) is 24.1 Å². The molecule has 0 radical (unpaired) electrons. The van der Waals surface area contributed by atoms with E-state index in [4.69, 9.17) is 0 Å². The van der Waals surface area contributed by atoms with Gasteiger partial charge in [0, 0.05) is 25.7 Å². The Morgan fingerprint density at radius 2 is 1.90 bits per heavy atom. The van der Waals surface area contributed by atoms with Crippen LogP contribution in [0.25, 0.3) is 0 Å². The molecule has 1 aliphatic heterocycles. The van der Waals surface area contributed by atoms with Crippen molar-refractivity contribution in [2.75, 3.05) is 37.7 Å². The summed E-state index contributed by atoms with van der Waals surface area (Å²) in [6.07, 6.45) is 5.07. The highest BCUT2D eigenvalue weighted by Gasteiger charge is 2.31. The molecule has 0 aromatic rings. The number of sulfone groups is 1. The molecule has 118 valence electrons. The van der Waals surface area contributed by atoms with Crippen LogP contribution in [0.15, 0.2) is 0 Å². The lowest BCUT2D eigenvalue weighted by Gasteiger charge is -2.39. The third-order valence-electron chi connectivity index (χ3n) is 4.83. The Bertz CT molecular complexity index is 381. The van der Waals surface area contributed by atoms with Crippen LogP contribution in [0.2, 0.25) is 0 Å². The van der Waals surface area contributed by atoms with Crippen molar-refractivity contribution < 1.29 is 8.42 Å². The van der Waals surface area contributed by atoms with Crippen molar-refractivity contribution in [1.29, 1.82) is 0 Å². The monoisotopic (exact) mass is 302 g/mol. The van der Waals surface area contributed by atoms with Crippen LogP contribution in [0, 0.1) is 11.8 Å². The van der Waals surface area contributed by atoms with Crippen LogP contribution in [0.1, 0.15) is 39.5 Å². The zero-order valence-corrected chi connectivity index (χ0v) is 13.8. The first-order valence-electron chi connectivity index (χ1n) is 8.16. The Hall–Kier alpha value is -0.130. The van der Waals surface area contributed by atoms with Gasteiger partial charge in [-0.25, -0.2) is 8.42 Å². The van der Waals surface area contributed by atoms with Gasteiger partial charge in [-0.05, 0) is 44.1 Å². The summed E-state index contributed by atoms with van der Waals surface area (Å²) in [5, 5.41) is 3.70. The van der Waals surface area contributed by atoms with Crippen LogP contribution in [-0.4, -0.2) is 57.0 Å². The van der Waals surface area contributed by atoms with Gasteiger partial charge in [-0.2, -0.15) is 0 Å². The fourth-order valence-electron chi connectivity index (χ4n) is 3.56. The molecule has 2 rings (SSSR count). The van der Waals surface area contributed by atoms with Crippen molar-refractivity contribution in [2.45, 2.75) is 45.6 Å². The van der Waals surface area contributed by atoms with E-state index in [0.717, 1.165) is 32.1 Å². The van der Waals surface area contributed by atoms with E-state index in [1.54, 1.807) is 0 Å². The van der Waals surface area contributed by atoms with Gasteiger partial charge in [0.15, 0.2) is 9.84 Å². The van der Waals surface area contributed by atoms with E-state index >= 15 is 0 Å². The lowest BCUT2D eigenvalue weighted by molar-refractivity contribution is 0.150. The lowest BCUT2D eigenvalue weighted by atomic mass is 9.78. The molecule has 2 fully saturated rings. The van der Waals surface area contributed by atoms with Crippen LogP contribution in [-0.2, 0) is 9.84 Å². The maximum Gasteiger partial charge on any atom is 0.152 e. The summed E-state index contributed by atoms with van der Waals surface area (Å²) in [4.78, 5) is 2.37. The molecule has 0 bridgehead atoms. The molecule has 3 unspecified atom stereocenters. The first kappa shape index (κ1) is 16.2. The highest BCUT2D eigenvalue weighted by molar-refractivity contribution is 7.91. The maximum atomic E-state index is 11.5. The van der Waals surface area contributed by atoms with Crippen molar-refractivity contribution in [1.82, 2.24) is 10.2 Å². The summed E-state index contributed by atoms with van der Waals surface area (Å²) < 4.78 is 23.0. The fraction of sp³-hybridized carbons (Fsp3) is 1.00. The van der Waals surface area contributed by atoms with Crippen LogP contribution in [0.5, 0.6) is 0 Å². The molecule has 1 heterocycles. The van der Waals surface area contributed by atoms with E-state index in [1.807, 2.05) is 0 Å². The zero-order valence-electron chi connectivity index (χ0n) is 13.0. The smallest absolute Gasteiger partial charge is 0.152 e. The first-order chi connectivity index (χ1) is 9.50. The number of hydrogen-bond donors (Lipinski definition) is 1. The summed E-state index contributed by atoms with van der Waals surface area (Å²) in [6, 6.07) is 0.629. The standard InChI is InChI=1S/C15H30N2O2S/c1-3-6-16-15-5-4-13(2)11-14(15)12-17-7-9-20(18,19)10-8-17/h13-16H,3-12H2,1-2H3. The van der Waals surface area contributed by atoms with Crippen molar-refractivity contribution in [3.63, 3.8) is 0 Å². The Kier molecular flexibility index (Phi) is 5.87. The molecule has 1 saturated carbocycles. The second kappa shape index (κ2) is 7.23. The maximum absolute atomic E-state index is 11.5. The molecule has 1 aliphatic carbocycles. The van der Waals surface area contributed by atoms with Crippen LogP contribution >= 0.6 is 0 Å². The molecule has 0 aromatic carbocycles. The van der Waals surface area contributed by atoms with E-state index in [9.17, 15) is 8.42 Å². The van der Waals surface area contributed by atoms with Crippen molar-refractivity contribution >= 4 is 9.84 Å². The van der Waals surface area contributed by atoms with Gasteiger partial charge in [-0.3, -0.25) is 0 Å². The van der Waals surface area contributed by atoms with Gasteiger partial charge in [0.05, 0.1) is 11.5 Å². The summed E-state index contributed by atoms with van der Waals surface area (Å²) >= 11 is 0. The summed E-state index contributed by atoms with van der Waals surface area (Å²) in [5.41, 5.74) is 0. The molecular weight excluding hydrogens is 272 g/mol. The predicted octanol–water partition coefficient (Wildman–Crippen LogP) is 1.52. The van der Waals surface area contributed by atoms with Crippen LogP contribution in [0.3, 0.4) is 0 Å². The number of nitrogens with zero attached hydrogens (tertiary/aromatic N) is 1. The topological polar surface area (TPSA) is 49.4 Å². The SMILES string of the molecule is CCCNC1CCC(C)CC1CN1CCS(=O)(=O)CC1. The molecule has 3 atom stereocenters. The highest BCUT2D eigenvalue weighted by Crippen LogP contribution is 2.30.